The predicted octanol–water partition coefficient (Wildman–Crippen LogP) is 1.42. The number of sulfonamides is 1. The van der Waals surface area contributed by atoms with Crippen LogP contribution in [0.25, 0.3) is 0 Å². The summed E-state index contributed by atoms with van der Waals surface area (Å²) in [7, 11) is -3.78. The molecule has 8 heteroatoms. The molecule has 0 spiro atoms. The molecule has 1 heterocycles. The molecule has 7 nitrogen and oxygen atoms in total. The maximum absolute atomic E-state index is 12.4. The lowest BCUT2D eigenvalue weighted by Gasteiger charge is -2.20. The monoisotopic (exact) mass is 349 g/mol. The van der Waals surface area contributed by atoms with Crippen molar-refractivity contribution in [3.05, 3.63) is 29.8 Å². The number of anilines is 1. The molecule has 0 aliphatic carbocycles. The number of carbonyl (C=O) groups excluding carboxylic acids is 2. The number of carbonyl (C=O) groups is 2. The van der Waals surface area contributed by atoms with E-state index in [0.717, 1.165) is 4.31 Å². The van der Waals surface area contributed by atoms with Crippen LogP contribution in [0.4, 0.5) is 5.69 Å². The second-order valence-electron chi connectivity index (χ2n) is 6.95. The summed E-state index contributed by atoms with van der Waals surface area (Å²) >= 11 is 0. The lowest BCUT2D eigenvalue weighted by molar-refractivity contribution is -0.123. The molecule has 0 aromatic heterocycles. The van der Waals surface area contributed by atoms with Crippen molar-refractivity contribution in [2.45, 2.75) is 33.2 Å². The molecule has 1 saturated heterocycles. The molecule has 2 rings (SSSR count). The smallest absolute Gasteiger partial charge is 0.252 e. The highest BCUT2D eigenvalue weighted by Crippen LogP contribution is 2.35. The summed E-state index contributed by atoms with van der Waals surface area (Å²) in [6, 6.07) is 7.73. The van der Waals surface area contributed by atoms with E-state index in [1.54, 1.807) is 27.7 Å². The maximum atomic E-state index is 12.4. The fourth-order valence-electron chi connectivity index (χ4n) is 2.42. The van der Waals surface area contributed by atoms with Crippen LogP contribution in [0.3, 0.4) is 0 Å². The molecule has 1 aromatic rings. The van der Waals surface area contributed by atoms with Gasteiger partial charge in [0, 0.05) is 5.56 Å². The number of nitrogens with zero attached hydrogens (tertiary/aromatic N) is 2. The van der Waals surface area contributed by atoms with Crippen LogP contribution in [0.2, 0.25) is 0 Å². The predicted molar refractivity (Wildman–Crippen MR) is 88.7 cm³/mol. The number of hydrogen-bond acceptors (Lipinski definition) is 5. The third-order valence-electron chi connectivity index (χ3n) is 3.63. The van der Waals surface area contributed by atoms with E-state index in [0.29, 0.717) is 0 Å². The summed E-state index contributed by atoms with van der Waals surface area (Å²) < 4.78 is 25.4. The topological polar surface area (TPSA) is 107 Å². The Labute approximate surface area is 141 Å². The SMILES string of the molecule is CC(C)(C#N)NC(=O)c1cccc(N2C(=O)C(C)(C)CS2(=O)=O)c1. The second kappa shape index (κ2) is 5.60. The molecule has 0 unspecified atom stereocenters. The van der Waals surface area contributed by atoms with Crippen molar-refractivity contribution in [1.82, 2.24) is 5.32 Å². The Balaban J connectivity index is 2.40. The van der Waals surface area contributed by atoms with Gasteiger partial charge in [0.2, 0.25) is 15.9 Å². The molecule has 2 amide bonds. The molecule has 1 aliphatic rings. The van der Waals surface area contributed by atoms with Crippen LogP contribution in [0.1, 0.15) is 38.1 Å². The van der Waals surface area contributed by atoms with E-state index in [1.165, 1.54) is 24.3 Å². The van der Waals surface area contributed by atoms with Crippen LogP contribution in [-0.2, 0) is 14.8 Å². The number of rotatable bonds is 3. The average molecular weight is 349 g/mol. The van der Waals surface area contributed by atoms with Crippen molar-refractivity contribution >= 4 is 27.5 Å². The number of hydrogen-bond donors (Lipinski definition) is 1. The molecule has 128 valence electrons. The molecule has 0 radical (unpaired) electrons. The first-order chi connectivity index (χ1) is 10.9. The molecule has 1 fully saturated rings. The van der Waals surface area contributed by atoms with Gasteiger partial charge in [0.1, 0.15) is 5.54 Å². The molecule has 1 N–H and O–H groups in total. The first kappa shape index (κ1) is 17.9. The first-order valence-corrected chi connectivity index (χ1v) is 8.92. The van der Waals surface area contributed by atoms with Crippen molar-refractivity contribution in [3.63, 3.8) is 0 Å². The molecular weight excluding hydrogens is 330 g/mol. The fraction of sp³-hybridized carbons (Fsp3) is 0.438. The van der Waals surface area contributed by atoms with Crippen LogP contribution in [-0.4, -0.2) is 31.5 Å². The van der Waals surface area contributed by atoms with Gasteiger partial charge in [-0.05, 0) is 45.9 Å². The van der Waals surface area contributed by atoms with Crippen molar-refractivity contribution in [2.75, 3.05) is 10.1 Å². The van der Waals surface area contributed by atoms with E-state index in [-0.39, 0.29) is 17.0 Å². The van der Waals surface area contributed by atoms with Gasteiger partial charge in [0.05, 0.1) is 22.9 Å². The highest BCUT2D eigenvalue weighted by atomic mass is 32.2. The molecule has 0 atom stereocenters. The molecule has 24 heavy (non-hydrogen) atoms. The zero-order valence-corrected chi connectivity index (χ0v) is 14.8. The molecule has 0 bridgehead atoms. The van der Waals surface area contributed by atoms with E-state index in [2.05, 4.69) is 5.32 Å². The van der Waals surface area contributed by atoms with Crippen LogP contribution in [0.5, 0.6) is 0 Å². The van der Waals surface area contributed by atoms with Crippen LogP contribution >= 0.6 is 0 Å². The number of benzene rings is 1. The van der Waals surface area contributed by atoms with E-state index in [1.807, 2.05) is 6.07 Å². The summed E-state index contributed by atoms with van der Waals surface area (Å²) in [5.41, 5.74) is -1.79. The largest absolute Gasteiger partial charge is 0.334 e. The molecule has 1 aliphatic heterocycles. The minimum atomic E-state index is -3.78. The summed E-state index contributed by atoms with van der Waals surface area (Å²) in [4.78, 5) is 24.6. The van der Waals surface area contributed by atoms with Crippen LogP contribution in [0, 0.1) is 16.7 Å². The highest BCUT2D eigenvalue weighted by molar-refractivity contribution is 7.94. The average Bonchev–Trinajstić information content (AvgIpc) is 2.62. The normalized spacial score (nSPS) is 19.0. The third kappa shape index (κ3) is 3.26. The third-order valence-corrected chi connectivity index (χ3v) is 5.65. The van der Waals surface area contributed by atoms with Gasteiger partial charge >= 0.3 is 0 Å². The first-order valence-electron chi connectivity index (χ1n) is 7.31. The van der Waals surface area contributed by atoms with Crippen LogP contribution < -0.4 is 9.62 Å². The molecule has 1 aromatic carbocycles. The molecule has 0 saturated carbocycles. The van der Waals surface area contributed by atoms with E-state index >= 15 is 0 Å². The zero-order valence-electron chi connectivity index (χ0n) is 14.0. The quantitative estimate of drug-likeness (QED) is 0.888. The lowest BCUT2D eigenvalue weighted by atomic mass is 9.95. The van der Waals surface area contributed by atoms with Crippen molar-refractivity contribution in [3.8, 4) is 6.07 Å². The maximum Gasteiger partial charge on any atom is 0.252 e. The summed E-state index contributed by atoms with van der Waals surface area (Å²) in [5.74, 6) is -1.33. The van der Waals surface area contributed by atoms with Gasteiger partial charge in [-0.25, -0.2) is 12.7 Å². The van der Waals surface area contributed by atoms with Gasteiger partial charge < -0.3 is 5.32 Å². The summed E-state index contributed by atoms with van der Waals surface area (Å²) in [5, 5.41) is 11.5. The second-order valence-corrected chi connectivity index (χ2v) is 8.77. The van der Waals surface area contributed by atoms with Gasteiger partial charge in [-0.3, -0.25) is 9.59 Å². The Bertz CT molecular complexity index is 850. The number of nitrogens with one attached hydrogen (secondary N) is 1. The minimum absolute atomic E-state index is 0.119. The minimum Gasteiger partial charge on any atom is -0.334 e. The van der Waals surface area contributed by atoms with Crippen molar-refractivity contribution < 1.29 is 18.0 Å². The van der Waals surface area contributed by atoms with E-state index in [9.17, 15) is 18.0 Å². The van der Waals surface area contributed by atoms with Crippen molar-refractivity contribution in [2.24, 2.45) is 5.41 Å². The fourth-order valence-corrected chi connectivity index (χ4v) is 4.52. The zero-order chi connectivity index (χ0) is 18.3. The van der Waals surface area contributed by atoms with Gasteiger partial charge in [-0.15, -0.1) is 0 Å². The Morgan fingerprint density at radius 2 is 2.00 bits per heavy atom. The van der Waals surface area contributed by atoms with Gasteiger partial charge in [0.15, 0.2) is 0 Å². The summed E-state index contributed by atoms with van der Waals surface area (Å²) in [6.07, 6.45) is 0. The Morgan fingerprint density at radius 3 is 2.50 bits per heavy atom. The van der Waals surface area contributed by atoms with Crippen molar-refractivity contribution in [1.29, 1.82) is 5.26 Å². The Morgan fingerprint density at radius 1 is 1.38 bits per heavy atom. The van der Waals surface area contributed by atoms with Gasteiger partial charge in [-0.1, -0.05) is 6.07 Å². The standard InChI is InChI=1S/C16H19N3O4S/c1-15(2)10-24(22,23)19(14(15)21)12-7-5-6-11(8-12)13(20)18-16(3,4)9-17/h5-8H,10H2,1-4H3,(H,18,20). The van der Waals surface area contributed by atoms with E-state index in [4.69, 9.17) is 5.26 Å². The highest BCUT2D eigenvalue weighted by Gasteiger charge is 2.49. The Hall–Kier alpha value is -2.40. The van der Waals surface area contributed by atoms with E-state index < -0.39 is 32.8 Å². The van der Waals surface area contributed by atoms with Gasteiger partial charge in [0.25, 0.3) is 5.91 Å². The van der Waals surface area contributed by atoms with Gasteiger partial charge in [-0.2, -0.15) is 5.26 Å². The summed E-state index contributed by atoms with van der Waals surface area (Å²) in [6.45, 7) is 6.23. The lowest BCUT2D eigenvalue weighted by Crippen LogP contribution is -2.42. The Kier molecular flexibility index (Phi) is 4.19. The molecular formula is C16H19N3O4S. The number of amides is 2. The van der Waals surface area contributed by atoms with Crippen LogP contribution in [0.15, 0.2) is 24.3 Å². The number of nitriles is 1.